The summed E-state index contributed by atoms with van der Waals surface area (Å²) in [5.74, 6) is 0.0791. The minimum atomic E-state index is -0.387. The third kappa shape index (κ3) is 7.15. The Morgan fingerprint density at radius 3 is 2.22 bits per heavy atom. The van der Waals surface area contributed by atoms with E-state index in [1.165, 1.54) is 16.9 Å². The third-order valence-corrected chi connectivity index (χ3v) is 11.3. The molecule has 234 valence electrons. The monoisotopic (exact) mass is 659 g/mol. The van der Waals surface area contributed by atoms with Gasteiger partial charge in [0.15, 0.2) is 0 Å². The Balaban J connectivity index is 1.15. The maximum absolute atomic E-state index is 13.5. The van der Waals surface area contributed by atoms with Gasteiger partial charge in [-0.25, -0.2) is 0 Å². The van der Waals surface area contributed by atoms with Gasteiger partial charge in [0.05, 0.1) is 20.5 Å². The highest BCUT2D eigenvalue weighted by molar-refractivity contribution is 7.12. The number of carbonyl (C=O) groups is 2. The van der Waals surface area contributed by atoms with Crippen molar-refractivity contribution in [2.45, 2.75) is 49.5 Å². The van der Waals surface area contributed by atoms with Crippen molar-refractivity contribution >= 4 is 46.4 Å². The molecule has 0 bridgehead atoms. The van der Waals surface area contributed by atoms with Gasteiger partial charge >= 0.3 is 0 Å². The summed E-state index contributed by atoms with van der Waals surface area (Å²) in [6.45, 7) is 4.17. The highest BCUT2D eigenvalue weighted by atomic mass is 35.5. The Kier molecular flexibility index (Phi) is 9.96. The number of rotatable bonds is 9. The summed E-state index contributed by atoms with van der Waals surface area (Å²) in [5, 5.41) is 6.47. The summed E-state index contributed by atoms with van der Waals surface area (Å²) in [7, 11) is 0. The van der Waals surface area contributed by atoms with Gasteiger partial charge in [-0.05, 0) is 91.9 Å². The Hall–Kier alpha value is -3.16. The van der Waals surface area contributed by atoms with Gasteiger partial charge in [-0.1, -0.05) is 83.9 Å². The molecule has 1 atom stereocenters. The van der Waals surface area contributed by atoms with E-state index in [4.69, 9.17) is 23.2 Å². The molecule has 1 N–H and O–H groups in total. The molecule has 0 aliphatic carbocycles. The lowest BCUT2D eigenvalue weighted by Gasteiger charge is -2.45. The Bertz CT molecular complexity index is 1590. The van der Waals surface area contributed by atoms with E-state index in [-0.39, 0.29) is 22.8 Å². The maximum Gasteiger partial charge on any atom is 0.262 e. The highest BCUT2D eigenvalue weighted by Gasteiger charge is 2.40. The molecule has 0 spiro atoms. The largest absolute Gasteiger partial charge is 0.342 e. The quantitative estimate of drug-likeness (QED) is 0.196. The third-order valence-electron chi connectivity index (χ3n) is 9.68. The maximum atomic E-state index is 13.5. The van der Waals surface area contributed by atoms with E-state index < -0.39 is 0 Å². The van der Waals surface area contributed by atoms with Crippen molar-refractivity contribution in [2.75, 3.05) is 32.7 Å². The Morgan fingerprint density at radius 2 is 1.53 bits per heavy atom. The molecular weight excluding hydrogens is 621 g/mol. The fourth-order valence-electron chi connectivity index (χ4n) is 7.21. The number of nitrogens with zero attached hydrogens (tertiary/aromatic N) is 2. The summed E-state index contributed by atoms with van der Waals surface area (Å²) < 4.78 is 0. The zero-order valence-electron chi connectivity index (χ0n) is 25.4. The van der Waals surface area contributed by atoms with Crippen molar-refractivity contribution in [3.63, 3.8) is 0 Å². The minimum Gasteiger partial charge on any atom is -0.342 e. The number of benzene rings is 3. The SMILES string of the molecule is O=C(NC1(c2ccccc2)CCN(CCCC2(c3ccc(Cl)c(Cl)c3)CCCN(C(=O)c3ccccc3)C2)CC1)c1cccs1. The van der Waals surface area contributed by atoms with Crippen molar-refractivity contribution in [2.24, 2.45) is 0 Å². The van der Waals surface area contributed by atoms with Crippen molar-refractivity contribution in [3.8, 4) is 0 Å². The first-order chi connectivity index (χ1) is 21.9. The lowest BCUT2D eigenvalue weighted by Crippen LogP contribution is -2.53. The first-order valence-electron chi connectivity index (χ1n) is 15.8. The van der Waals surface area contributed by atoms with Crippen molar-refractivity contribution in [3.05, 3.63) is 128 Å². The van der Waals surface area contributed by atoms with Crippen LogP contribution in [0, 0.1) is 0 Å². The molecule has 3 heterocycles. The summed E-state index contributed by atoms with van der Waals surface area (Å²) in [4.78, 5) is 32.0. The minimum absolute atomic E-state index is 0.00206. The van der Waals surface area contributed by atoms with Gasteiger partial charge in [0.25, 0.3) is 11.8 Å². The Labute approximate surface area is 280 Å². The molecule has 2 aliphatic rings. The van der Waals surface area contributed by atoms with Crippen LogP contribution in [0.15, 0.2) is 96.4 Å². The predicted molar refractivity (Wildman–Crippen MR) is 185 cm³/mol. The van der Waals surface area contributed by atoms with Crippen LogP contribution >= 0.6 is 34.5 Å². The highest BCUT2D eigenvalue weighted by Crippen LogP contribution is 2.41. The molecule has 2 amide bonds. The van der Waals surface area contributed by atoms with E-state index in [0.717, 1.165) is 80.7 Å². The number of carbonyl (C=O) groups excluding carboxylic acids is 2. The molecule has 8 heteroatoms. The molecular formula is C37H39Cl2N3O2S. The molecule has 1 aromatic heterocycles. The second-order valence-electron chi connectivity index (χ2n) is 12.4. The van der Waals surface area contributed by atoms with Gasteiger partial charge in [0, 0.05) is 37.2 Å². The average molecular weight is 661 g/mol. The van der Waals surface area contributed by atoms with Crippen LogP contribution in [0.2, 0.25) is 10.0 Å². The zero-order chi connectivity index (χ0) is 31.3. The zero-order valence-corrected chi connectivity index (χ0v) is 27.7. The van der Waals surface area contributed by atoms with Crippen LogP contribution in [0.4, 0.5) is 0 Å². The predicted octanol–water partition coefficient (Wildman–Crippen LogP) is 8.43. The van der Waals surface area contributed by atoms with Gasteiger partial charge in [-0.2, -0.15) is 0 Å². The molecule has 2 saturated heterocycles. The molecule has 45 heavy (non-hydrogen) atoms. The average Bonchev–Trinajstić information content (AvgIpc) is 3.63. The molecule has 1 unspecified atom stereocenters. The fourth-order valence-corrected chi connectivity index (χ4v) is 8.12. The van der Waals surface area contributed by atoms with E-state index >= 15 is 0 Å². The van der Waals surface area contributed by atoms with E-state index in [1.54, 1.807) is 0 Å². The molecule has 0 radical (unpaired) electrons. The van der Waals surface area contributed by atoms with Crippen LogP contribution in [0.5, 0.6) is 0 Å². The lowest BCUT2D eigenvalue weighted by molar-refractivity contribution is 0.0615. The number of amides is 2. The van der Waals surface area contributed by atoms with Crippen LogP contribution in [0.3, 0.4) is 0 Å². The van der Waals surface area contributed by atoms with Gasteiger partial charge in [0.1, 0.15) is 0 Å². The number of hydrogen-bond acceptors (Lipinski definition) is 4. The second kappa shape index (κ2) is 14.1. The first-order valence-corrected chi connectivity index (χ1v) is 17.4. The number of thiophene rings is 1. The normalized spacial score (nSPS) is 20.1. The van der Waals surface area contributed by atoms with Crippen LogP contribution < -0.4 is 5.32 Å². The van der Waals surface area contributed by atoms with Crippen LogP contribution in [0.1, 0.15) is 69.7 Å². The molecule has 3 aromatic carbocycles. The number of likely N-dealkylation sites (tertiary alicyclic amines) is 2. The number of piperidine rings is 2. The van der Waals surface area contributed by atoms with Crippen molar-refractivity contribution in [1.29, 1.82) is 0 Å². The molecule has 6 rings (SSSR count). The van der Waals surface area contributed by atoms with Crippen LogP contribution in [0.25, 0.3) is 0 Å². The molecule has 0 saturated carbocycles. The number of hydrogen-bond donors (Lipinski definition) is 1. The summed E-state index contributed by atoms with van der Waals surface area (Å²) >= 11 is 14.3. The second-order valence-corrected chi connectivity index (χ2v) is 14.2. The van der Waals surface area contributed by atoms with Gasteiger partial charge < -0.3 is 15.1 Å². The molecule has 5 nitrogen and oxygen atoms in total. The first kappa shape index (κ1) is 31.8. The summed E-state index contributed by atoms with van der Waals surface area (Å²) in [6.07, 6.45) is 5.57. The van der Waals surface area contributed by atoms with E-state index in [0.29, 0.717) is 16.6 Å². The van der Waals surface area contributed by atoms with Gasteiger partial charge in [0.2, 0.25) is 0 Å². The lowest BCUT2D eigenvalue weighted by atomic mass is 9.70. The van der Waals surface area contributed by atoms with E-state index in [2.05, 4.69) is 40.5 Å². The van der Waals surface area contributed by atoms with Crippen LogP contribution in [-0.4, -0.2) is 54.3 Å². The fraction of sp³-hybridized carbons (Fsp3) is 0.351. The summed E-state index contributed by atoms with van der Waals surface area (Å²) in [5.41, 5.74) is 2.46. The Morgan fingerprint density at radius 1 is 0.800 bits per heavy atom. The smallest absolute Gasteiger partial charge is 0.262 e. The number of nitrogens with one attached hydrogen (secondary N) is 1. The van der Waals surface area contributed by atoms with Crippen molar-refractivity contribution < 1.29 is 9.59 Å². The van der Waals surface area contributed by atoms with Gasteiger partial charge in [-0.15, -0.1) is 11.3 Å². The molecule has 4 aromatic rings. The standard InChI is InChI=1S/C37H39Cl2N3O2S/c38-31-16-15-30(26-32(31)39)36(18-9-22-42(27-36)35(44)28-10-3-1-4-11-28)17-8-21-41-23-19-37(20-24-41,29-12-5-2-6-13-29)40-34(43)33-14-7-25-45-33/h1-7,10-16,25-26H,8-9,17-24,27H2,(H,40,43). The summed E-state index contributed by atoms with van der Waals surface area (Å²) in [6, 6.07) is 29.8. The van der Waals surface area contributed by atoms with Crippen molar-refractivity contribution in [1.82, 2.24) is 15.1 Å². The van der Waals surface area contributed by atoms with Gasteiger partial charge in [-0.3, -0.25) is 9.59 Å². The molecule has 2 aliphatic heterocycles. The molecule has 2 fully saturated rings. The topological polar surface area (TPSA) is 52.7 Å². The van der Waals surface area contributed by atoms with E-state index in [9.17, 15) is 9.59 Å². The number of halogens is 2. The van der Waals surface area contributed by atoms with Crippen LogP contribution in [-0.2, 0) is 11.0 Å². The van der Waals surface area contributed by atoms with E-state index in [1.807, 2.05) is 70.9 Å².